The predicted molar refractivity (Wildman–Crippen MR) is 83.5 cm³/mol. The molecule has 0 saturated heterocycles. The molecule has 0 aliphatic heterocycles. The highest BCUT2D eigenvalue weighted by atomic mass is 16.5. The molecule has 0 aliphatic rings. The summed E-state index contributed by atoms with van der Waals surface area (Å²) in [6.45, 7) is 0. The molecule has 0 bridgehead atoms. The molecule has 5 heteroatoms. The fourth-order valence-electron chi connectivity index (χ4n) is 2.39. The number of rotatable bonds is 6. The summed E-state index contributed by atoms with van der Waals surface area (Å²) in [5.41, 5.74) is 1.80. The monoisotopic (exact) mass is 302 g/mol. The van der Waals surface area contributed by atoms with Crippen LogP contribution in [-0.4, -0.2) is 34.7 Å². The van der Waals surface area contributed by atoms with Crippen LogP contribution in [0, 0.1) is 0 Å². The van der Waals surface area contributed by atoms with E-state index < -0.39 is 0 Å². The molecule has 0 fully saturated rings. The Balaban J connectivity index is 2.83. The summed E-state index contributed by atoms with van der Waals surface area (Å²) in [4.78, 5) is 11.6. The van der Waals surface area contributed by atoms with Crippen LogP contribution >= 0.6 is 0 Å². The summed E-state index contributed by atoms with van der Waals surface area (Å²) < 4.78 is 21.4. The molecule has 0 aliphatic carbocycles. The molecule has 116 valence electrons. The number of carbonyl (C=O) groups is 1. The highest BCUT2D eigenvalue weighted by molar-refractivity contribution is 5.95. The van der Waals surface area contributed by atoms with Crippen LogP contribution in [-0.2, 0) is 0 Å². The van der Waals surface area contributed by atoms with Gasteiger partial charge in [0.05, 0.1) is 34.0 Å². The number of para-hydroxylation sites is 1. The normalized spacial score (nSPS) is 10.0. The first-order valence-electron chi connectivity index (χ1n) is 6.63. The molecule has 0 aromatic heterocycles. The second-order valence-corrected chi connectivity index (χ2v) is 4.42. The van der Waals surface area contributed by atoms with Crippen LogP contribution in [0.4, 0.5) is 0 Å². The van der Waals surface area contributed by atoms with Crippen LogP contribution in [0.1, 0.15) is 10.4 Å². The first-order chi connectivity index (χ1) is 10.7. The van der Waals surface area contributed by atoms with E-state index in [1.807, 2.05) is 24.3 Å². The largest absolute Gasteiger partial charge is 0.496 e. The maximum absolute atomic E-state index is 11.6. The average Bonchev–Trinajstić information content (AvgIpc) is 2.59. The molecule has 2 aromatic rings. The van der Waals surface area contributed by atoms with Gasteiger partial charge in [0, 0.05) is 11.1 Å². The van der Waals surface area contributed by atoms with Crippen molar-refractivity contribution in [2.24, 2.45) is 0 Å². The van der Waals surface area contributed by atoms with Crippen LogP contribution in [0.25, 0.3) is 11.1 Å². The van der Waals surface area contributed by atoms with E-state index in [0.29, 0.717) is 34.1 Å². The van der Waals surface area contributed by atoms with Gasteiger partial charge in [-0.05, 0) is 12.1 Å². The minimum atomic E-state index is 0.331. The van der Waals surface area contributed by atoms with E-state index >= 15 is 0 Å². The van der Waals surface area contributed by atoms with E-state index in [-0.39, 0.29) is 0 Å². The number of ether oxygens (including phenoxy) is 4. The highest BCUT2D eigenvalue weighted by Gasteiger charge is 2.22. The fourth-order valence-corrected chi connectivity index (χ4v) is 2.39. The molecule has 22 heavy (non-hydrogen) atoms. The van der Waals surface area contributed by atoms with Crippen molar-refractivity contribution in [3.05, 3.63) is 35.9 Å². The second kappa shape index (κ2) is 6.85. The standard InChI is InChI=1S/C17H18O5/c1-19-14-8-6-5-7-11(14)12-9-15(20-2)17(22-4)16(21-3)13(12)10-18/h5-10H,1-4H3. The molecule has 0 amide bonds. The summed E-state index contributed by atoms with van der Waals surface area (Å²) in [6.07, 6.45) is 0.739. The molecule has 0 spiro atoms. The number of methoxy groups -OCH3 is 4. The molecular formula is C17H18O5. The van der Waals surface area contributed by atoms with Crippen molar-refractivity contribution >= 4 is 6.29 Å². The lowest BCUT2D eigenvalue weighted by Gasteiger charge is -2.18. The van der Waals surface area contributed by atoms with Gasteiger partial charge in [-0.15, -0.1) is 0 Å². The van der Waals surface area contributed by atoms with Gasteiger partial charge in [-0.1, -0.05) is 18.2 Å². The Bertz CT molecular complexity index is 679. The van der Waals surface area contributed by atoms with E-state index in [1.54, 1.807) is 13.2 Å². The summed E-state index contributed by atoms with van der Waals surface area (Å²) in [5.74, 6) is 1.84. The minimum absolute atomic E-state index is 0.331. The number of hydrogen-bond donors (Lipinski definition) is 0. The lowest BCUT2D eigenvalue weighted by molar-refractivity contribution is 0.112. The molecule has 5 nitrogen and oxygen atoms in total. The average molecular weight is 302 g/mol. The SMILES string of the molecule is COc1ccccc1-c1cc(OC)c(OC)c(OC)c1C=O. The number of carbonyl (C=O) groups excluding carboxylic acids is 1. The van der Waals surface area contributed by atoms with Crippen molar-refractivity contribution in [3.8, 4) is 34.1 Å². The predicted octanol–water partition coefficient (Wildman–Crippen LogP) is 3.20. The second-order valence-electron chi connectivity index (χ2n) is 4.42. The maximum atomic E-state index is 11.6. The zero-order valence-corrected chi connectivity index (χ0v) is 13.0. The zero-order valence-electron chi connectivity index (χ0n) is 13.0. The van der Waals surface area contributed by atoms with E-state index in [4.69, 9.17) is 18.9 Å². The van der Waals surface area contributed by atoms with E-state index in [9.17, 15) is 4.79 Å². The third-order valence-corrected chi connectivity index (χ3v) is 3.38. The first-order valence-corrected chi connectivity index (χ1v) is 6.63. The third kappa shape index (κ3) is 2.57. The van der Waals surface area contributed by atoms with Crippen molar-refractivity contribution in [1.29, 1.82) is 0 Å². The summed E-state index contributed by atoms with van der Waals surface area (Å²) in [7, 11) is 6.09. The van der Waals surface area contributed by atoms with Crippen LogP contribution < -0.4 is 18.9 Å². The Labute approximate surface area is 129 Å². The molecule has 0 radical (unpaired) electrons. The molecular weight excluding hydrogens is 284 g/mol. The van der Waals surface area contributed by atoms with Gasteiger partial charge >= 0.3 is 0 Å². The van der Waals surface area contributed by atoms with Crippen molar-refractivity contribution in [2.75, 3.05) is 28.4 Å². The van der Waals surface area contributed by atoms with E-state index in [1.165, 1.54) is 21.3 Å². The topological polar surface area (TPSA) is 54.0 Å². The Hall–Kier alpha value is -2.69. The van der Waals surface area contributed by atoms with Gasteiger partial charge in [0.25, 0.3) is 0 Å². The van der Waals surface area contributed by atoms with Gasteiger partial charge in [-0.25, -0.2) is 0 Å². The van der Waals surface area contributed by atoms with Crippen LogP contribution in [0.15, 0.2) is 30.3 Å². The highest BCUT2D eigenvalue weighted by Crippen LogP contribution is 2.46. The smallest absolute Gasteiger partial charge is 0.204 e. The Kier molecular flexibility index (Phi) is 4.88. The van der Waals surface area contributed by atoms with Crippen molar-refractivity contribution in [2.45, 2.75) is 0 Å². The van der Waals surface area contributed by atoms with E-state index in [2.05, 4.69) is 0 Å². The van der Waals surface area contributed by atoms with Crippen molar-refractivity contribution in [3.63, 3.8) is 0 Å². The summed E-state index contributed by atoms with van der Waals surface area (Å²) >= 11 is 0. The Morgan fingerprint density at radius 3 is 1.95 bits per heavy atom. The van der Waals surface area contributed by atoms with Gasteiger partial charge in [0.2, 0.25) is 5.75 Å². The van der Waals surface area contributed by atoms with Gasteiger partial charge in [-0.2, -0.15) is 0 Å². The van der Waals surface area contributed by atoms with Gasteiger partial charge in [0.15, 0.2) is 17.8 Å². The lowest BCUT2D eigenvalue weighted by atomic mass is 9.97. The number of aldehydes is 1. The quantitative estimate of drug-likeness (QED) is 0.767. The first kappa shape index (κ1) is 15.7. The van der Waals surface area contributed by atoms with Crippen LogP contribution in [0.5, 0.6) is 23.0 Å². The van der Waals surface area contributed by atoms with Crippen LogP contribution in [0.2, 0.25) is 0 Å². The molecule has 0 heterocycles. The third-order valence-electron chi connectivity index (χ3n) is 3.38. The van der Waals surface area contributed by atoms with Crippen LogP contribution in [0.3, 0.4) is 0 Å². The lowest BCUT2D eigenvalue weighted by Crippen LogP contribution is -2.01. The molecule has 0 atom stereocenters. The minimum Gasteiger partial charge on any atom is -0.496 e. The Morgan fingerprint density at radius 2 is 1.41 bits per heavy atom. The molecule has 0 saturated carbocycles. The summed E-state index contributed by atoms with van der Waals surface area (Å²) in [5, 5.41) is 0. The zero-order chi connectivity index (χ0) is 16.1. The van der Waals surface area contributed by atoms with Gasteiger partial charge in [-0.3, -0.25) is 4.79 Å². The van der Waals surface area contributed by atoms with E-state index in [0.717, 1.165) is 11.8 Å². The van der Waals surface area contributed by atoms with Crippen molar-refractivity contribution < 1.29 is 23.7 Å². The van der Waals surface area contributed by atoms with Gasteiger partial charge < -0.3 is 18.9 Å². The molecule has 2 aromatic carbocycles. The molecule has 0 N–H and O–H groups in total. The molecule has 2 rings (SSSR count). The summed E-state index contributed by atoms with van der Waals surface area (Å²) in [6, 6.07) is 9.17. The Morgan fingerprint density at radius 1 is 0.773 bits per heavy atom. The van der Waals surface area contributed by atoms with Gasteiger partial charge in [0.1, 0.15) is 5.75 Å². The maximum Gasteiger partial charge on any atom is 0.204 e. The fraction of sp³-hybridized carbons (Fsp3) is 0.235. The molecule has 0 unspecified atom stereocenters. The van der Waals surface area contributed by atoms with Crippen molar-refractivity contribution in [1.82, 2.24) is 0 Å². The number of hydrogen-bond acceptors (Lipinski definition) is 5. The number of benzene rings is 2.